The zero-order valence-electron chi connectivity index (χ0n) is 7.18. The third kappa shape index (κ3) is 1.64. The monoisotopic (exact) mass is 266 g/mol. The lowest BCUT2D eigenvalue weighted by Crippen LogP contribution is -2.12. The lowest BCUT2D eigenvalue weighted by atomic mass is 10.6. The van der Waals surface area contributed by atoms with E-state index in [0.717, 1.165) is 0 Å². The SMILES string of the molecule is N#Cc1ncn(-c2nc[nH]c(=O)c2Br)n1. The largest absolute Gasteiger partial charge is 0.312 e. The number of nitriles is 1. The van der Waals surface area contributed by atoms with Gasteiger partial charge in [-0.15, -0.1) is 5.10 Å². The molecular weight excluding hydrogens is 264 g/mol. The zero-order chi connectivity index (χ0) is 10.8. The second-order valence-electron chi connectivity index (χ2n) is 2.49. The predicted molar refractivity (Wildman–Crippen MR) is 52.2 cm³/mol. The van der Waals surface area contributed by atoms with E-state index in [2.05, 4.69) is 36.0 Å². The first kappa shape index (κ1) is 9.54. The maximum absolute atomic E-state index is 11.2. The van der Waals surface area contributed by atoms with Gasteiger partial charge in [0.15, 0.2) is 5.82 Å². The summed E-state index contributed by atoms with van der Waals surface area (Å²) in [5.74, 6) is 0.303. The number of hydrogen-bond acceptors (Lipinski definition) is 5. The molecule has 8 heteroatoms. The van der Waals surface area contributed by atoms with Crippen LogP contribution >= 0.6 is 15.9 Å². The van der Waals surface area contributed by atoms with E-state index in [1.165, 1.54) is 17.3 Å². The Balaban J connectivity index is 2.60. The predicted octanol–water partition coefficient (Wildman–Crippen LogP) is -0.0152. The Bertz CT molecular complexity index is 594. The summed E-state index contributed by atoms with van der Waals surface area (Å²) < 4.78 is 1.48. The van der Waals surface area contributed by atoms with Crippen molar-refractivity contribution in [2.45, 2.75) is 0 Å². The fourth-order valence-corrected chi connectivity index (χ4v) is 1.35. The summed E-state index contributed by atoms with van der Waals surface area (Å²) in [6.07, 6.45) is 2.56. The van der Waals surface area contributed by atoms with E-state index >= 15 is 0 Å². The molecule has 2 aromatic rings. The van der Waals surface area contributed by atoms with E-state index in [9.17, 15) is 4.79 Å². The van der Waals surface area contributed by atoms with Gasteiger partial charge in [-0.25, -0.2) is 9.97 Å². The van der Waals surface area contributed by atoms with Crippen LogP contribution in [0.15, 0.2) is 21.9 Å². The minimum absolute atomic E-state index is 0.0176. The third-order valence-corrected chi connectivity index (χ3v) is 2.30. The van der Waals surface area contributed by atoms with Crippen LogP contribution in [0, 0.1) is 11.3 Å². The standard InChI is InChI=1S/C7H3BrN6O/c8-5-6(10-2-11-7(5)15)14-3-12-4(1-9)13-14/h2-3H,(H,10,11,15). The maximum Gasteiger partial charge on any atom is 0.267 e. The number of aromatic amines is 1. The van der Waals surface area contributed by atoms with E-state index in [4.69, 9.17) is 5.26 Å². The van der Waals surface area contributed by atoms with Crippen LogP contribution in [-0.4, -0.2) is 24.7 Å². The van der Waals surface area contributed by atoms with E-state index in [1.807, 2.05) is 0 Å². The van der Waals surface area contributed by atoms with Gasteiger partial charge in [0.05, 0.1) is 6.33 Å². The number of halogens is 1. The molecule has 0 amide bonds. The third-order valence-electron chi connectivity index (χ3n) is 1.59. The van der Waals surface area contributed by atoms with Crippen LogP contribution in [0.5, 0.6) is 0 Å². The second kappa shape index (κ2) is 3.62. The fourth-order valence-electron chi connectivity index (χ4n) is 0.950. The molecule has 2 heterocycles. The van der Waals surface area contributed by atoms with E-state index < -0.39 is 0 Å². The van der Waals surface area contributed by atoms with Gasteiger partial charge in [0.2, 0.25) is 0 Å². The summed E-state index contributed by atoms with van der Waals surface area (Å²) in [6.45, 7) is 0. The molecule has 2 aromatic heterocycles. The highest BCUT2D eigenvalue weighted by atomic mass is 79.9. The van der Waals surface area contributed by atoms with Crippen molar-refractivity contribution >= 4 is 15.9 Å². The van der Waals surface area contributed by atoms with Gasteiger partial charge in [0.25, 0.3) is 11.4 Å². The summed E-state index contributed by atoms with van der Waals surface area (Å²) in [5, 5.41) is 12.3. The van der Waals surface area contributed by atoms with Crippen LogP contribution < -0.4 is 5.56 Å². The van der Waals surface area contributed by atoms with Gasteiger partial charge < -0.3 is 4.98 Å². The zero-order valence-corrected chi connectivity index (χ0v) is 8.76. The molecule has 7 nitrogen and oxygen atoms in total. The summed E-state index contributed by atoms with van der Waals surface area (Å²) in [4.78, 5) is 21.2. The Kier molecular flexibility index (Phi) is 2.31. The van der Waals surface area contributed by atoms with Gasteiger partial charge >= 0.3 is 0 Å². The number of hydrogen-bond donors (Lipinski definition) is 1. The van der Waals surface area contributed by atoms with Gasteiger partial charge in [-0.3, -0.25) is 4.79 Å². The van der Waals surface area contributed by atoms with Crippen molar-refractivity contribution in [3.8, 4) is 11.9 Å². The number of aromatic nitrogens is 5. The van der Waals surface area contributed by atoms with Gasteiger partial charge in [-0.05, 0) is 15.9 Å². The van der Waals surface area contributed by atoms with Crippen molar-refractivity contribution in [1.82, 2.24) is 24.7 Å². The molecular formula is C7H3BrN6O. The molecule has 0 aliphatic carbocycles. The molecule has 0 aromatic carbocycles. The van der Waals surface area contributed by atoms with Crippen molar-refractivity contribution in [1.29, 1.82) is 5.26 Å². The molecule has 0 aliphatic heterocycles. The first-order chi connectivity index (χ1) is 7.22. The molecule has 0 atom stereocenters. The summed E-state index contributed by atoms with van der Waals surface area (Å²) >= 11 is 3.07. The Hall–Kier alpha value is -2.01. The Labute approximate surface area is 91.5 Å². The molecule has 0 unspecified atom stereocenters. The maximum atomic E-state index is 11.2. The van der Waals surface area contributed by atoms with Crippen LogP contribution in [0.2, 0.25) is 0 Å². The van der Waals surface area contributed by atoms with Crippen molar-refractivity contribution < 1.29 is 0 Å². The molecule has 0 saturated carbocycles. The van der Waals surface area contributed by atoms with Crippen molar-refractivity contribution in [3.05, 3.63) is 33.3 Å². The Morgan fingerprint density at radius 2 is 2.33 bits per heavy atom. The first-order valence-corrected chi connectivity index (χ1v) is 4.57. The Morgan fingerprint density at radius 3 is 3.00 bits per heavy atom. The van der Waals surface area contributed by atoms with Crippen LogP contribution in [0.4, 0.5) is 0 Å². The molecule has 0 bridgehead atoms. The number of H-pyrrole nitrogens is 1. The van der Waals surface area contributed by atoms with Crippen molar-refractivity contribution in [3.63, 3.8) is 0 Å². The minimum Gasteiger partial charge on any atom is -0.312 e. The highest BCUT2D eigenvalue weighted by Crippen LogP contribution is 2.11. The summed E-state index contributed by atoms with van der Waals surface area (Å²) in [7, 11) is 0. The van der Waals surface area contributed by atoms with Crippen LogP contribution in [0.25, 0.3) is 5.82 Å². The molecule has 0 radical (unpaired) electrons. The smallest absolute Gasteiger partial charge is 0.267 e. The van der Waals surface area contributed by atoms with E-state index in [0.29, 0.717) is 0 Å². The lowest BCUT2D eigenvalue weighted by molar-refractivity contribution is 0.822. The van der Waals surface area contributed by atoms with Gasteiger partial charge in [-0.1, -0.05) is 0 Å². The topological polar surface area (TPSA) is 100 Å². The van der Waals surface area contributed by atoms with Gasteiger partial charge in [-0.2, -0.15) is 9.94 Å². The second-order valence-corrected chi connectivity index (χ2v) is 3.29. The number of nitrogens with zero attached hydrogens (tertiary/aromatic N) is 5. The number of nitrogens with one attached hydrogen (secondary N) is 1. The molecule has 0 aliphatic rings. The average Bonchev–Trinajstić information content (AvgIpc) is 2.70. The molecule has 1 N–H and O–H groups in total. The van der Waals surface area contributed by atoms with Crippen LogP contribution in [0.3, 0.4) is 0 Å². The highest BCUT2D eigenvalue weighted by molar-refractivity contribution is 9.10. The van der Waals surface area contributed by atoms with E-state index in [1.54, 1.807) is 6.07 Å². The molecule has 15 heavy (non-hydrogen) atoms. The van der Waals surface area contributed by atoms with Crippen molar-refractivity contribution in [2.75, 3.05) is 0 Å². The van der Waals surface area contributed by atoms with Crippen molar-refractivity contribution in [2.24, 2.45) is 0 Å². The van der Waals surface area contributed by atoms with E-state index in [-0.39, 0.29) is 21.7 Å². The molecule has 0 saturated heterocycles. The summed E-state index contributed by atoms with van der Waals surface area (Å²) in [5.41, 5.74) is -0.325. The molecule has 74 valence electrons. The van der Waals surface area contributed by atoms with Crippen LogP contribution in [0.1, 0.15) is 5.82 Å². The molecule has 2 rings (SSSR count). The Morgan fingerprint density at radius 1 is 1.53 bits per heavy atom. The molecule has 0 spiro atoms. The summed E-state index contributed by atoms with van der Waals surface area (Å²) in [6, 6.07) is 1.78. The fraction of sp³-hybridized carbons (Fsp3) is 0. The lowest BCUT2D eigenvalue weighted by Gasteiger charge is -1.99. The normalized spacial score (nSPS) is 9.87. The van der Waals surface area contributed by atoms with Crippen LogP contribution in [-0.2, 0) is 0 Å². The number of rotatable bonds is 1. The van der Waals surface area contributed by atoms with Gasteiger partial charge in [0.1, 0.15) is 16.9 Å². The van der Waals surface area contributed by atoms with Gasteiger partial charge in [0, 0.05) is 0 Å². The molecule has 0 fully saturated rings. The average molecular weight is 267 g/mol. The first-order valence-electron chi connectivity index (χ1n) is 3.77. The highest BCUT2D eigenvalue weighted by Gasteiger charge is 2.09. The quantitative estimate of drug-likeness (QED) is 0.782. The minimum atomic E-state index is -0.325.